The quantitative estimate of drug-likeness (QED) is 0.776. The van der Waals surface area contributed by atoms with Gasteiger partial charge in [-0.3, -0.25) is 0 Å². The Kier molecular flexibility index (Phi) is 6.46. The maximum atomic E-state index is 13.9. The Morgan fingerprint density at radius 2 is 2.14 bits per heavy atom. The van der Waals surface area contributed by atoms with Gasteiger partial charge in [0.05, 0.1) is 6.10 Å². The van der Waals surface area contributed by atoms with Crippen molar-refractivity contribution in [2.24, 2.45) is 5.92 Å². The summed E-state index contributed by atoms with van der Waals surface area (Å²) in [6, 6.07) is 5.18. The van der Waals surface area contributed by atoms with Crippen molar-refractivity contribution in [3.63, 3.8) is 0 Å². The average Bonchev–Trinajstić information content (AvgIpc) is 2.40. The molecule has 2 rings (SSSR count). The predicted octanol–water partition coefficient (Wildman–Crippen LogP) is 4.20. The van der Waals surface area contributed by atoms with Crippen LogP contribution in [-0.4, -0.2) is 25.3 Å². The average molecular weight is 314 g/mol. The summed E-state index contributed by atoms with van der Waals surface area (Å²) < 4.78 is 19.5. The van der Waals surface area contributed by atoms with Crippen LogP contribution in [0.1, 0.15) is 38.7 Å². The zero-order chi connectivity index (χ0) is 15.2. The highest BCUT2D eigenvalue weighted by Crippen LogP contribution is 2.34. The van der Waals surface area contributed by atoms with Crippen LogP contribution in [0, 0.1) is 11.7 Å². The number of hydrogen-bond acceptors (Lipinski definition) is 2. The van der Waals surface area contributed by atoms with E-state index in [-0.39, 0.29) is 11.9 Å². The number of ether oxygens (including phenoxy) is 1. The van der Waals surface area contributed by atoms with Crippen LogP contribution in [0.2, 0.25) is 5.02 Å². The zero-order valence-electron chi connectivity index (χ0n) is 12.9. The normalized spacial score (nSPS) is 22.9. The van der Waals surface area contributed by atoms with E-state index in [4.69, 9.17) is 16.3 Å². The minimum atomic E-state index is -0.203. The third-order valence-corrected chi connectivity index (χ3v) is 4.57. The summed E-state index contributed by atoms with van der Waals surface area (Å²) in [5, 5.41) is 3.99. The third-order valence-electron chi connectivity index (χ3n) is 4.22. The lowest BCUT2D eigenvalue weighted by atomic mass is 9.77. The monoisotopic (exact) mass is 313 g/mol. The Morgan fingerprint density at radius 1 is 1.38 bits per heavy atom. The molecule has 1 aromatic rings. The summed E-state index contributed by atoms with van der Waals surface area (Å²) in [7, 11) is 0. The molecule has 1 fully saturated rings. The van der Waals surface area contributed by atoms with Crippen LogP contribution in [0.25, 0.3) is 0 Å². The maximum Gasteiger partial charge on any atom is 0.127 e. The van der Waals surface area contributed by atoms with E-state index in [0.29, 0.717) is 29.0 Å². The van der Waals surface area contributed by atoms with Crippen molar-refractivity contribution in [3.8, 4) is 0 Å². The number of likely N-dealkylation sites (N-methyl/N-ethyl adjacent to an activating group) is 1. The van der Waals surface area contributed by atoms with Crippen molar-refractivity contribution in [1.82, 2.24) is 5.32 Å². The minimum Gasteiger partial charge on any atom is -0.378 e. The van der Waals surface area contributed by atoms with Gasteiger partial charge in [0.1, 0.15) is 5.82 Å². The smallest absolute Gasteiger partial charge is 0.127 e. The van der Waals surface area contributed by atoms with Crippen LogP contribution in [0.5, 0.6) is 0 Å². The summed E-state index contributed by atoms with van der Waals surface area (Å²) >= 11 is 6.13. The van der Waals surface area contributed by atoms with Crippen molar-refractivity contribution in [2.75, 3.05) is 13.2 Å². The van der Waals surface area contributed by atoms with Crippen molar-refractivity contribution in [1.29, 1.82) is 0 Å². The van der Waals surface area contributed by atoms with Crippen LogP contribution >= 0.6 is 11.6 Å². The molecule has 0 amide bonds. The van der Waals surface area contributed by atoms with E-state index in [1.165, 1.54) is 6.07 Å². The van der Waals surface area contributed by atoms with E-state index in [0.717, 1.165) is 32.4 Å². The highest BCUT2D eigenvalue weighted by molar-refractivity contribution is 6.31. The largest absolute Gasteiger partial charge is 0.378 e. The van der Waals surface area contributed by atoms with Crippen molar-refractivity contribution < 1.29 is 9.13 Å². The first-order chi connectivity index (χ1) is 10.1. The van der Waals surface area contributed by atoms with Gasteiger partial charge in [-0.1, -0.05) is 24.6 Å². The first kappa shape index (κ1) is 16.7. The van der Waals surface area contributed by atoms with Crippen LogP contribution in [0.4, 0.5) is 4.39 Å². The summed E-state index contributed by atoms with van der Waals surface area (Å²) in [5.41, 5.74) is 0.630. The fourth-order valence-electron chi connectivity index (χ4n) is 3.14. The summed E-state index contributed by atoms with van der Waals surface area (Å²) in [6.07, 6.45) is 4.39. The van der Waals surface area contributed by atoms with Crippen LogP contribution in [-0.2, 0) is 11.2 Å². The Bertz CT molecular complexity index is 428. The lowest BCUT2D eigenvalue weighted by Crippen LogP contribution is -2.39. The number of halogens is 2. The minimum absolute atomic E-state index is 0.203. The molecule has 1 N–H and O–H groups in total. The van der Waals surface area contributed by atoms with E-state index >= 15 is 0 Å². The number of hydrogen-bond donors (Lipinski definition) is 1. The van der Waals surface area contributed by atoms with Crippen molar-refractivity contribution in [3.05, 3.63) is 34.6 Å². The van der Waals surface area contributed by atoms with Crippen LogP contribution in [0.3, 0.4) is 0 Å². The lowest BCUT2D eigenvalue weighted by molar-refractivity contribution is -0.0290. The molecular formula is C17H25ClFNO. The second-order valence-electron chi connectivity index (χ2n) is 5.81. The maximum absolute atomic E-state index is 13.9. The van der Waals surface area contributed by atoms with Gasteiger partial charge in [0.15, 0.2) is 0 Å². The summed E-state index contributed by atoms with van der Waals surface area (Å²) in [5.74, 6) is 0.474. The molecule has 0 radical (unpaired) electrons. The van der Waals surface area contributed by atoms with Crippen LogP contribution in [0.15, 0.2) is 18.2 Å². The second-order valence-corrected chi connectivity index (χ2v) is 6.22. The Balaban J connectivity index is 1.91. The Labute approximate surface area is 132 Å². The number of nitrogens with one attached hydrogen (secondary N) is 1. The number of benzene rings is 1. The van der Waals surface area contributed by atoms with Gasteiger partial charge in [0.2, 0.25) is 0 Å². The predicted molar refractivity (Wildman–Crippen MR) is 85.3 cm³/mol. The molecule has 0 spiro atoms. The molecule has 0 aromatic heterocycles. The fraction of sp³-hybridized carbons (Fsp3) is 0.647. The van der Waals surface area contributed by atoms with Gasteiger partial charge in [-0.05, 0) is 57.2 Å². The summed E-state index contributed by atoms with van der Waals surface area (Å²) in [4.78, 5) is 0. The molecule has 0 aliphatic heterocycles. The molecule has 1 aliphatic carbocycles. The Morgan fingerprint density at radius 3 is 2.76 bits per heavy atom. The van der Waals surface area contributed by atoms with Crippen LogP contribution < -0.4 is 5.32 Å². The molecule has 4 heteroatoms. The standard InChI is InChI=1S/C17H25ClFNO/c1-3-20-13(8-12-9-14(10-12)21-4-2)11-15-16(18)6-5-7-17(15)19/h5-7,12-14,20H,3-4,8-11H2,1-2H3. The van der Waals surface area contributed by atoms with Gasteiger partial charge < -0.3 is 10.1 Å². The van der Waals surface area contributed by atoms with Gasteiger partial charge >= 0.3 is 0 Å². The van der Waals surface area contributed by atoms with E-state index < -0.39 is 0 Å². The van der Waals surface area contributed by atoms with E-state index in [1.54, 1.807) is 12.1 Å². The first-order valence-electron chi connectivity index (χ1n) is 7.91. The van der Waals surface area contributed by atoms with E-state index in [9.17, 15) is 4.39 Å². The molecule has 0 heterocycles. The highest BCUT2D eigenvalue weighted by atomic mass is 35.5. The van der Waals surface area contributed by atoms with Crippen molar-refractivity contribution >= 4 is 11.6 Å². The second kappa shape index (κ2) is 8.11. The van der Waals surface area contributed by atoms with Gasteiger partial charge in [-0.15, -0.1) is 0 Å². The molecule has 118 valence electrons. The Hall–Kier alpha value is -0.640. The van der Waals surface area contributed by atoms with E-state index in [2.05, 4.69) is 12.2 Å². The molecule has 21 heavy (non-hydrogen) atoms. The van der Waals surface area contributed by atoms with Gasteiger partial charge in [0.25, 0.3) is 0 Å². The molecule has 0 saturated heterocycles. The first-order valence-corrected chi connectivity index (χ1v) is 8.29. The van der Waals surface area contributed by atoms with Crippen molar-refractivity contribution in [2.45, 2.75) is 51.7 Å². The molecule has 0 bridgehead atoms. The summed E-state index contributed by atoms with van der Waals surface area (Å²) in [6.45, 7) is 5.80. The topological polar surface area (TPSA) is 21.3 Å². The van der Waals surface area contributed by atoms with Gasteiger partial charge in [-0.2, -0.15) is 0 Å². The van der Waals surface area contributed by atoms with Gasteiger partial charge in [0, 0.05) is 23.2 Å². The number of rotatable bonds is 8. The molecule has 1 aromatic carbocycles. The SMILES string of the molecule is CCNC(Cc1c(F)cccc1Cl)CC1CC(OCC)C1. The molecule has 1 aliphatic rings. The molecular weight excluding hydrogens is 289 g/mol. The van der Waals surface area contributed by atoms with E-state index in [1.807, 2.05) is 6.92 Å². The third kappa shape index (κ3) is 4.67. The molecule has 1 saturated carbocycles. The zero-order valence-corrected chi connectivity index (χ0v) is 13.6. The highest BCUT2D eigenvalue weighted by Gasteiger charge is 2.31. The lowest BCUT2D eigenvalue weighted by Gasteiger charge is -2.37. The molecule has 1 atom stereocenters. The molecule has 1 unspecified atom stereocenters. The van der Waals surface area contributed by atoms with Gasteiger partial charge in [-0.25, -0.2) is 4.39 Å². The molecule has 2 nitrogen and oxygen atoms in total. The fourth-order valence-corrected chi connectivity index (χ4v) is 3.38.